The van der Waals surface area contributed by atoms with Crippen LogP contribution in [-0.2, 0) is 6.42 Å². The SMILES string of the molecule is Cc1nc2ccccn2c1C(=O)NNC(=O)NCCc1cccnc1. The summed E-state index contributed by atoms with van der Waals surface area (Å²) in [5, 5.41) is 2.67. The van der Waals surface area contributed by atoms with Gasteiger partial charge < -0.3 is 5.32 Å². The molecule has 0 fully saturated rings. The van der Waals surface area contributed by atoms with Crippen LogP contribution >= 0.6 is 0 Å². The lowest BCUT2D eigenvalue weighted by Crippen LogP contribution is -2.47. The fourth-order valence-electron chi connectivity index (χ4n) is 2.47. The van der Waals surface area contributed by atoms with Gasteiger partial charge in [0.2, 0.25) is 0 Å². The Morgan fingerprint density at radius 1 is 1.16 bits per heavy atom. The second kappa shape index (κ2) is 7.43. The first kappa shape index (κ1) is 16.4. The Balaban J connectivity index is 1.51. The third-order valence-corrected chi connectivity index (χ3v) is 3.63. The van der Waals surface area contributed by atoms with E-state index in [1.165, 1.54) is 0 Å². The standard InChI is InChI=1S/C17H18N6O2/c1-12-15(23-10-3-2-6-14(23)20-12)16(24)21-22-17(25)19-9-7-13-5-4-8-18-11-13/h2-6,8,10-11H,7,9H2,1H3,(H,21,24)(H2,19,22,25). The number of urea groups is 1. The van der Waals surface area contributed by atoms with E-state index in [0.717, 1.165) is 5.56 Å². The Kier molecular flexibility index (Phi) is 4.89. The summed E-state index contributed by atoms with van der Waals surface area (Å²) < 4.78 is 1.67. The highest BCUT2D eigenvalue weighted by Crippen LogP contribution is 2.11. The number of hydrazine groups is 1. The third kappa shape index (κ3) is 3.92. The van der Waals surface area contributed by atoms with Crippen molar-refractivity contribution in [1.29, 1.82) is 0 Å². The van der Waals surface area contributed by atoms with Crippen molar-refractivity contribution in [2.24, 2.45) is 0 Å². The van der Waals surface area contributed by atoms with E-state index in [4.69, 9.17) is 0 Å². The largest absolute Gasteiger partial charge is 0.336 e. The molecule has 3 aromatic heterocycles. The molecule has 0 radical (unpaired) electrons. The predicted molar refractivity (Wildman–Crippen MR) is 91.9 cm³/mol. The minimum Gasteiger partial charge on any atom is -0.336 e. The number of nitrogens with zero attached hydrogens (tertiary/aromatic N) is 3. The number of aryl methyl sites for hydroxylation is 1. The first-order valence-electron chi connectivity index (χ1n) is 7.82. The molecule has 0 unspecified atom stereocenters. The van der Waals surface area contributed by atoms with Crippen molar-refractivity contribution in [2.75, 3.05) is 6.54 Å². The molecule has 0 bridgehead atoms. The minimum absolute atomic E-state index is 0.381. The maximum absolute atomic E-state index is 12.3. The predicted octanol–water partition coefficient (Wildman–Crippen LogP) is 1.22. The van der Waals surface area contributed by atoms with Crippen LogP contribution in [0.5, 0.6) is 0 Å². The molecule has 3 aromatic rings. The summed E-state index contributed by atoms with van der Waals surface area (Å²) in [4.78, 5) is 32.4. The van der Waals surface area contributed by atoms with Gasteiger partial charge in [-0.3, -0.25) is 19.6 Å². The summed E-state index contributed by atoms with van der Waals surface area (Å²) >= 11 is 0. The van der Waals surface area contributed by atoms with E-state index < -0.39 is 11.9 Å². The second-order valence-electron chi connectivity index (χ2n) is 5.42. The monoisotopic (exact) mass is 338 g/mol. The van der Waals surface area contributed by atoms with Gasteiger partial charge in [0.15, 0.2) is 0 Å². The molecular formula is C17H18N6O2. The second-order valence-corrected chi connectivity index (χ2v) is 5.42. The molecule has 0 aliphatic rings. The average molecular weight is 338 g/mol. The number of hydrogen-bond donors (Lipinski definition) is 3. The van der Waals surface area contributed by atoms with Gasteiger partial charge >= 0.3 is 6.03 Å². The van der Waals surface area contributed by atoms with Crippen molar-refractivity contribution in [3.63, 3.8) is 0 Å². The Morgan fingerprint density at radius 2 is 2.04 bits per heavy atom. The number of imidazole rings is 1. The zero-order chi connectivity index (χ0) is 17.6. The maximum Gasteiger partial charge on any atom is 0.333 e. The lowest BCUT2D eigenvalue weighted by atomic mass is 10.2. The number of hydrogen-bond acceptors (Lipinski definition) is 4. The van der Waals surface area contributed by atoms with Crippen LogP contribution in [-0.4, -0.2) is 32.9 Å². The highest BCUT2D eigenvalue weighted by atomic mass is 16.2. The van der Waals surface area contributed by atoms with Crippen molar-refractivity contribution in [2.45, 2.75) is 13.3 Å². The normalized spacial score (nSPS) is 10.4. The average Bonchev–Trinajstić information content (AvgIpc) is 2.96. The van der Waals surface area contributed by atoms with Crippen LogP contribution < -0.4 is 16.2 Å². The van der Waals surface area contributed by atoms with Gasteiger partial charge in [-0.1, -0.05) is 12.1 Å². The highest BCUT2D eigenvalue weighted by molar-refractivity contribution is 5.95. The molecule has 3 heterocycles. The highest BCUT2D eigenvalue weighted by Gasteiger charge is 2.16. The van der Waals surface area contributed by atoms with Crippen molar-refractivity contribution in [3.8, 4) is 0 Å². The Labute approximate surface area is 144 Å². The van der Waals surface area contributed by atoms with Gasteiger partial charge in [-0.15, -0.1) is 0 Å². The summed E-state index contributed by atoms with van der Waals surface area (Å²) in [6.45, 7) is 2.18. The zero-order valence-corrected chi connectivity index (χ0v) is 13.7. The van der Waals surface area contributed by atoms with E-state index in [2.05, 4.69) is 26.1 Å². The van der Waals surface area contributed by atoms with Crippen LogP contribution in [0.15, 0.2) is 48.9 Å². The molecule has 3 amide bonds. The molecule has 128 valence electrons. The molecule has 8 heteroatoms. The van der Waals surface area contributed by atoms with E-state index in [0.29, 0.717) is 30.0 Å². The Bertz CT molecular complexity index is 891. The molecule has 0 aliphatic carbocycles. The first-order valence-corrected chi connectivity index (χ1v) is 7.82. The zero-order valence-electron chi connectivity index (χ0n) is 13.7. The van der Waals surface area contributed by atoms with Gasteiger partial charge in [0.05, 0.1) is 5.69 Å². The molecule has 0 saturated heterocycles. The Hall–Kier alpha value is -3.42. The van der Waals surface area contributed by atoms with Gasteiger partial charge in [0, 0.05) is 25.1 Å². The minimum atomic E-state index is -0.483. The molecule has 0 aliphatic heterocycles. The van der Waals surface area contributed by atoms with Gasteiger partial charge in [-0.25, -0.2) is 15.2 Å². The number of pyridine rings is 2. The van der Waals surface area contributed by atoms with Crippen molar-refractivity contribution in [3.05, 3.63) is 65.9 Å². The Morgan fingerprint density at radius 3 is 2.84 bits per heavy atom. The molecule has 3 N–H and O–H groups in total. The fourth-order valence-corrected chi connectivity index (χ4v) is 2.47. The van der Waals surface area contributed by atoms with Crippen molar-refractivity contribution >= 4 is 17.6 Å². The number of fused-ring (bicyclic) bond motifs is 1. The van der Waals surface area contributed by atoms with Crippen LogP contribution in [0.2, 0.25) is 0 Å². The summed E-state index contributed by atoms with van der Waals surface area (Å²) in [5.41, 5.74) is 7.40. The summed E-state index contributed by atoms with van der Waals surface area (Å²) in [6, 6.07) is 8.75. The van der Waals surface area contributed by atoms with E-state index >= 15 is 0 Å². The van der Waals surface area contributed by atoms with Crippen molar-refractivity contribution in [1.82, 2.24) is 30.5 Å². The molecule has 0 aromatic carbocycles. The third-order valence-electron chi connectivity index (χ3n) is 3.63. The topological polar surface area (TPSA) is 100 Å². The van der Waals surface area contributed by atoms with E-state index in [1.54, 1.807) is 29.9 Å². The molecule has 25 heavy (non-hydrogen) atoms. The molecule has 0 atom stereocenters. The van der Waals surface area contributed by atoms with E-state index in [-0.39, 0.29) is 0 Å². The van der Waals surface area contributed by atoms with E-state index in [1.807, 2.05) is 30.3 Å². The van der Waals surface area contributed by atoms with Gasteiger partial charge in [0.25, 0.3) is 5.91 Å². The lowest BCUT2D eigenvalue weighted by molar-refractivity contribution is 0.0929. The number of rotatable bonds is 4. The number of carbonyl (C=O) groups is 2. The molecule has 0 saturated carbocycles. The lowest BCUT2D eigenvalue weighted by Gasteiger charge is -2.09. The molecule has 8 nitrogen and oxygen atoms in total. The number of amides is 3. The smallest absolute Gasteiger partial charge is 0.333 e. The first-order chi connectivity index (χ1) is 12.1. The number of nitrogens with one attached hydrogen (secondary N) is 3. The molecular weight excluding hydrogens is 320 g/mol. The van der Waals surface area contributed by atoms with Crippen LogP contribution in [0.25, 0.3) is 5.65 Å². The summed E-state index contributed by atoms with van der Waals surface area (Å²) in [7, 11) is 0. The molecule has 3 rings (SSSR count). The number of carbonyl (C=O) groups excluding carboxylic acids is 2. The van der Waals surface area contributed by atoms with E-state index in [9.17, 15) is 9.59 Å². The summed E-state index contributed by atoms with van der Waals surface area (Å²) in [6.07, 6.45) is 5.84. The van der Waals surface area contributed by atoms with Gasteiger partial charge in [-0.2, -0.15) is 0 Å². The van der Waals surface area contributed by atoms with Crippen LogP contribution in [0.4, 0.5) is 4.79 Å². The number of aromatic nitrogens is 3. The van der Waals surface area contributed by atoms with Gasteiger partial charge in [0.1, 0.15) is 11.3 Å². The summed E-state index contributed by atoms with van der Waals surface area (Å²) in [5.74, 6) is -0.432. The van der Waals surface area contributed by atoms with Crippen LogP contribution in [0, 0.1) is 6.92 Å². The van der Waals surface area contributed by atoms with Crippen molar-refractivity contribution < 1.29 is 9.59 Å². The quantitative estimate of drug-likeness (QED) is 0.623. The van der Waals surface area contributed by atoms with Gasteiger partial charge in [-0.05, 0) is 37.1 Å². The van der Waals surface area contributed by atoms with Crippen LogP contribution in [0.3, 0.4) is 0 Å². The van der Waals surface area contributed by atoms with Crippen LogP contribution in [0.1, 0.15) is 21.7 Å². The maximum atomic E-state index is 12.3. The fraction of sp³-hybridized carbons (Fsp3) is 0.176. The molecule has 0 spiro atoms.